The highest BCUT2D eigenvalue weighted by Gasteiger charge is 2.33. The normalized spacial score (nSPS) is 11.6. The molecule has 0 spiro atoms. The summed E-state index contributed by atoms with van der Waals surface area (Å²) in [5, 5.41) is 2.83. The fourth-order valence-corrected chi connectivity index (χ4v) is 1.68. The predicted molar refractivity (Wildman–Crippen MR) is 69.1 cm³/mol. The van der Waals surface area contributed by atoms with Crippen LogP contribution in [-0.2, 0) is 19.1 Å². The minimum atomic E-state index is -4.47. The summed E-state index contributed by atoms with van der Waals surface area (Å²) >= 11 is 0. The molecule has 1 heterocycles. The summed E-state index contributed by atoms with van der Waals surface area (Å²) in [6, 6.07) is 3.67. The zero-order valence-corrected chi connectivity index (χ0v) is 10.8. The summed E-state index contributed by atoms with van der Waals surface area (Å²) in [4.78, 5) is 4.01. The van der Waals surface area contributed by atoms with Crippen LogP contribution in [0.5, 0.6) is 0 Å². The Balaban J connectivity index is 2.10. The van der Waals surface area contributed by atoms with E-state index in [0.717, 1.165) is 11.8 Å². The van der Waals surface area contributed by atoms with Crippen LogP contribution in [0.25, 0.3) is 0 Å². The number of hydrogen-bond acceptors (Lipinski definition) is 4. The number of benzene rings is 1. The highest BCUT2D eigenvalue weighted by atomic mass is 19.4. The molecule has 7 heteroatoms. The second-order valence-electron chi connectivity index (χ2n) is 4.23. The third-order valence-electron chi connectivity index (χ3n) is 2.75. The lowest BCUT2D eigenvalue weighted by Crippen LogP contribution is -2.10. The van der Waals surface area contributed by atoms with E-state index in [1.165, 1.54) is 12.1 Å². The molecule has 0 atom stereocenters. The highest BCUT2D eigenvalue weighted by Crippen LogP contribution is 2.35. The van der Waals surface area contributed by atoms with Crippen molar-refractivity contribution < 1.29 is 17.6 Å². The highest BCUT2D eigenvalue weighted by molar-refractivity contribution is 5.58. The van der Waals surface area contributed by atoms with E-state index in [1.54, 1.807) is 6.20 Å². The van der Waals surface area contributed by atoms with E-state index in [-0.39, 0.29) is 12.2 Å². The number of anilines is 2. The van der Waals surface area contributed by atoms with Crippen LogP contribution in [0.2, 0.25) is 0 Å². The average molecular weight is 285 g/mol. The van der Waals surface area contributed by atoms with Gasteiger partial charge in [-0.05, 0) is 18.2 Å². The van der Waals surface area contributed by atoms with Crippen LogP contribution >= 0.6 is 0 Å². The summed E-state index contributed by atoms with van der Waals surface area (Å²) in [6.45, 7) is 2.13. The molecule has 0 amide bonds. The molecule has 1 aromatic carbocycles. The van der Waals surface area contributed by atoms with Gasteiger partial charge in [-0.25, -0.2) is 4.98 Å². The van der Waals surface area contributed by atoms with Crippen LogP contribution in [-0.4, -0.2) is 4.98 Å². The van der Waals surface area contributed by atoms with E-state index in [1.807, 2.05) is 6.92 Å². The van der Waals surface area contributed by atoms with E-state index in [2.05, 4.69) is 10.3 Å². The summed E-state index contributed by atoms with van der Waals surface area (Å²) in [5.74, 6) is 1.15. The number of aryl methyl sites for hydroxylation is 1. The number of hydrogen-bond donors (Lipinski definition) is 2. The minimum absolute atomic E-state index is 0.210. The van der Waals surface area contributed by atoms with Crippen molar-refractivity contribution in [1.29, 1.82) is 0 Å². The first-order valence-electron chi connectivity index (χ1n) is 6.04. The van der Waals surface area contributed by atoms with Gasteiger partial charge in [0.25, 0.3) is 0 Å². The van der Waals surface area contributed by atoms with Crippen molar-refractivity contribution in [1.82, 2.24) is 4.98 Å². The molecule has 3 N–H and O–H groups in total. The van der Waals surface area contributed by atoms with Gasteiger partial charge in [-0.15, -0.1) is 0 Å². The SMILES string of the molecule is CCc1cnc(CNc2ccc(N)c(C(F)(F)F)c2)o1. The molecule has 2 aromatic rings. The maximum absolute atomic E-state index is 12.7. The van der Waals surface area contributed by atoms with E-state index < -0.39 is 11.7 Å². The average Bonchev–Trinajstić information content (AvgIpc) is 2.84. The van der Waals surface area contributed by atoms with Gasteiger partial charge in [0, 0.05) is 17.8 Å². The molecule has 0 fully saturated rings. The Hall–Kier alpha value is -2.18. The lowest BCUT2D eigenvalue weighted by molar-refractivity contribution is -0.136. The van der Waals surface area contributed by atoms with Gasteiger partial charge in [-0.3, -0.25) is 0 Å². The number of nitrogens with two attached hydrogens (primary N) is 1. The van der Waals surface area contributed by atoms with Gasteiger partial charge in [0.1, 0.15) is 5.76 Å². The maximum atomic E-state index is 12.7. The van der Waals surface area contributed by atoms with Crippen molar-refractivity contribution in [3.05, 3.63) is 41.6 Å². The smallest absolute Gasteiger partial charge is 0.418 e. The van der Waals surface area contributed by atoms with E-state index in [4.69, 9.17) is 10.2 Å². The maximum Gasteiger partial charge on any atom is 0.418 e. The summed E-state index contributed by atoms with van der Waals surface area (Å²) in [7, 11) is 0. The molecule has 0 aliphatic carbocycles. The van der Waals surface area contributed by atoms with Crippen LogP contribution in [0.15, 0.2) is 28.8 Å². The van der Waals surface area contributed by atoms with Crippen molar-refractivity contribution in [3.8, 4) is 0 Å². The lowest BCUT2D eigenvalue weighted by Gasteiger charge is -2.12. The van der Waals surface area contributed by atoms with Crippen molar-refractivity contribution in [2.75, 3.05) is 11.1 Å². The quantitative estimate of drug-likeness (QED) is 0.844. The molecule has 0 unspecified atom stereocenters. The molecule has 1 aromatic heterocycles. The zero-order chi connectivity index (χ0) is 14.8. The Morgan fingerprint density at radius 1 is 1.35 bits per heavy atom. The van der Waals surface area contributed by atoms with Gasteiger partial charge in [0.05, 0.1) is 18.3 Å². The summed E-state index contributed by atoms with van der Waals surface area (Å²) < 4.78 is 43.5. The Kier molecular flexibility index (Phi) is 3.87. The molecule has 0 aliphatic heterocycles. The molecule has 108 valence electrons. The third-order valence-corrected chi connectivity index (χ3v) is 2.75. The van der Waals surface area contributed by atoms with Crippen molar-refractivity contribution in [2.45, 2.75) is 26.1 Å². The first-order chi connectivity index (χ1) is 9.40. The number of halogens is 3. The Morgan fingerprint density at radius 3 is 2.70 bits per heavy atom. The van der Waals surface area contributed by atoms with Crippen LogP contribution in [0.4, 0.5) is 24.5 Å². The molecular weight excluding hydrogens is 271 g/mol. The summed E-state index contributed by atoms with van der Waals surface area (Å²) in [5.41, 5.74) is 4.48. The molecule has 0 bridgehead atoms. The number of nitrogens with one attached hydrogen (secondary N) is 1. The molecule has 2 rings (SSSR count). The Labute approximate surface area is 113 Å². The second kappa shape index (κ2) is 5.44. The van der Waals surface area contributed by atoms with Crippen molar-refractivity contribution >= 4 is 11.4 Å². The van der Waals surface area contributed by atoms with Gasteiger partial charge < -0.3 is 15.5 Å². The summed E-state index contributed by atoms with van der Waals surface area (Å²) in [6.07, 6.45) is -2.16. The minimum Gasteiger partial charge on any atom is -0.444 e. The van der Waals surface area contributed by atoms with Crippen LogP contribution in [0, 0.1) is 0 Å². The van der Waals surface area contributed by atoms with E-state index >= 15 is 0 Å². The molecule has 0 radical (unpaired) electrons. The molecule has 4 nitrogen and oxygen atoms in total. The molecule has 20 heavy (non-hydrogen) atoms. The van der Waals surface area contributed by atoms with Crippen LogP contribution < -0.4 is 11.1 Å². The standard InChI is InChI=1S/C13H14F3N3O/c1-2-9-6-19-12(20-9)7-18-8-3-4-11(17)10(5-8)13(14,15)16/h3-6,18H,2,7,17H2,1H3. The number of aromatic nitrogens is 1. The van der Waals surface area contributed by atoms with Gasteiger partial charge in [-0.2, -0.15) is 13.2 Å². The topological polar surface area (TPSA) is 64.1 Å². The molecule has 0 saturated heterocycles. The zero-order valence-electron chi connectivity index (χ0n) is 10.8. The number of rotatable bonds is 4. The Bertz CT molecular complexity index is 593. The first-order valence-corrected chi connectivity index (χ1v) is 6.04. The van der Waals surface area contributed by atoms with Crippen molar-refractivity contribution in [3.63, 3.8) is 0 Å². The monoisotopic (exact) mass is 285 g/mol. The molecular formula is C13H14F3N3O. The van der Waals surface area contributed by atoms with E-state index in [9.17, 15) is 13.2 Å². The van der Waals surface area contributed by atoms with Crippen LogP contribution in [0.1, 0.15) is 24.1 Å². The Morgan fingerprint density at radius 2 is 2.10 bits per heavy atom. The fraction of sp³-hybridized carbons (Fsp3) is 0.308. The third kappa shape index (κ3) is 3.23. The van der Waals surface area contributed by atoms with Crippen molar-refractivity contribution in [2.24, 2.45) is 0 Å². The van der Waals surface area contributed by atoms with Crippen LogP contribution in [0.3, 0.4) is 0 Å². The first kappa shape index (κ1) is 14.2. The molecule has 0 aliphatic rings. The largest absolute Gasteiger partial charge is 0.444 e. The number of alkyl halides is 3. The van der Waals surface area contributed by atoms with E-state index in [0.29, 0.717) is 18.0 Å². The second-order valence-corrected chi connectivity index (χ2v) is 4.23. The van der Waals surface area contributed by atoms with Gasteiger partial charge in [-0.1, -0.05) is 6.92 Å². The number of oxazole rings is 1. The predicted octanol–water partition coefficient (Wildman–Crippen LogP) is 3.45. The number of nitrogen functional groups attached to an aromatic ring is 1. The fourth-order valence-electron chi connectivity index (χ4n) is 1.68. The van der Waals surface area contributed by atoms with Gasteiger partial charge in [0.2, 0.25) is 5.89 Å². The van der Waals surface area contributed by atoms with Gasteiger partial charge in [0.15, 0.2) is 0 Å². The van der Waals surface area contributed by atoms with Gasteiger partial charge >= 0.3 is 6.18 Å². The lowest BCUT2D eigenvalue weighted by atomic mass is 10.1. The molecule has 0 saturated carbocycles. The number of nitrogens with zero attached hydrogens (tertiary/aromatic N) is 1.